The maximum atomic E-state index is 13.0. The van der Waals surface area contributed by atoms with Crippen LogP contribution in [0.25, 0.3) is 5.76 Å². The summed E-state index contributed by atoms with van der Waals surface area (Å²) in [6.07, 6.45) is 3.33. The van der Waals surface area contributed by atoms with Gasteiger partial charge in [-0.25, -0.2) is 0 Å². The first-order chi connectivity index (χ1) is 15.0. The molecule has 31 heavy (non-hydrogen) atoms. The number of pyridine rings is 1. The van der Waals surface area contributed by atoms with Gasteiger partial charge in [-0.1, -0.05) is 48.5 Å². The Kier molecular flexibility index (Phi) is 5.54. The Morgan fingerprint density at radius 1 is 1.00 bits per heavy atom. The number of carbonyl (C=O) groups is 2. The molecule has 1 aliphatic rings. The molecule has 1 unspecified atom stereocenters. The second-order valence-electron chi connectivity index (χ2n) is 7.64. The van der Waals surface area contributed by atoms with Gasteiger partial charge in [0.1, 0.15) is 5.76 Å². The molecule has 1 fully saturated rings. The van der Waals surface area contributed by atoms with Crippen LogP contribution < -0.4 is 4.90 Å². The fourth-order valence-electron chi connectivity index (χ4n) is 3.78. The lowest BCUT2D eigenvalue weighted by molar-refractivity contribution is -0.140. The monoisotopic (exact) mass is 413 g/mol. The van der Waals surface area contributed by atoms with Crippen molar-refractivity contribution in [3.8, 4) is 0 Å². The second kappa shape index (κ2) is 8.44. The average molecular weight is 413 g/mol. The summed E-state index contributed by atoms with van der Waals surface area (Å²) in [5, 5.41) is 11.0. The number of aliphatic hydroxyl groups is 1. The summed E-state index contributed by atoms with van der Waals surface area (Å²) in [4.78, 5) is 33.6. The lowest BCUT2D eigenvalue weighted by Gasteiger charge is -2.26. The maximum Gasteiger partial charge on any atom is 0.295 e. The molecule has 156 valence electrons. The number of benzene rings is 2. The van der Waals surface area contributed by atoms with Crippen LogP contribution in [0, 0.1) is 0 Å². The first kappa shape index (κ1) is 20.3. The van der Waals surface area contributed by atoms with Gasteiger partial charge in [0.15, 0.2) is 0 Å². The van der Waals surface area contributed by atoms with E-state index >= 15 is 0 Å². The van der Waals surface area contributed by atoms with Gasteiger partial charge in [-0.15, -0.1) is 0 Å². The largest absolute Gasteiger partial charge is 0.507 e. The molecule has 1 aromatic heterocycles. The van der Waals surface area contributed by atoms with Crippen LogP contribution in [-0.2, 0) is 16.1 Å². The number of Topliss-reactive ketones (excluding diaryl/α,β-unsaturated/α-hetero) is 1. The highest BCUT2D eigenvalue weighted by Crippen LogP contribution is 2.40. The van der Waals surface area contributed by atoms with E-state index in [1.807, 2.05) is 55.4 Å². The van der Waals surface area contributed by atoms with Gasteiger partial charge in [-0.2, -0.15) is 0 Å². The predicted octanol–water partition coefficient (Wildman–Crippen LogP) is 3.77. The fraction of sp³-hybridized carbons (Fsp3) is 0.160. The molecule has 0 aliphatic carbocycles. The van der Waals surface area contributed by atoms with Gasteiger partial charge in [0, 0.05) is 44.3 Å². The number of carbonyl (C=O) groups excluding carboxylic acids is 2. The van der Waals surface area contributed by atoms with E-state index in [1.54, 1.807) is 42.7 Å². The summed E-state index contributed by atoms with van der Waals surface area (Å²) in [5.41, 5.74) is 3.15. The predicted molar refractivity (Wildman–Crippen MR) is 119 cm³/mol. The third kappa shape index (κ3) is 3.92. The zero-order valence-corrected chi connectivity index (χ0v) is 17.4. The lowest BCUT2D eigenvalue weighted by atomic mass is 9.95. The van der Waals surface area contributed by atoms with E-state index < -0.39 is 17.7 Å². The third-order valence-electron chi connectivity index (χ3n) is 5.39. The van der Waals surface area contributed by atoms with Crippen LogP contribution in [-0.4, -0.2) is 40.8 Å². The van der Waals surface area contributed by atoms with Crippen molar-refractivity contribution in [2.24, 2.45) is 0 Å². The zero-order valence-electron chi connectivity index (χ0n) is 17.4. The molecule has 1 saturated heterocycles. The van der Waals surface area contributed by atoms with Crippen molar-refractivity contribution in [3.63, 3.8) is 0 Å². The number of likely N-dealkylation sites (tertiary alicyclic amines) is 1. The Labute approximate surface area is 181 Å². The Hall–Kier alpha value is -3.93. The summed E-state index contributed by atoms with van der Waals surface area (Å²) in [5.74, 6) is -1.50. The Morgan fingerprint density at radius 2 is 1.71 bits per heavy atom. The standard InChI is InChI=1S/C25H23N3O3/c1-27(2)20-12-10-18(11-13-20)22-21(23(29)19-8-4-3-5-9-19)24(30)25(31)28(22)16-17-7-6-14-26-15-17/h3-15,22,29H,16H2,1-2H3. The molecule has 2 heterocycles. The molecule has 0 saturated carbocycles. The highest BCUT2D eigenvalue weighted by Gasteiger charge is 2.46. The van der Waals surface area contributed by atoms with Gasteiger partial charge in [-0.05, 0) is 29.3 Å². The number of amides is 1. The molecule has 1 N–H and O–H groups in total. The molecule has 4 rings (SSSR count). The van der Waals surface area contributed by atoms with Crippen molar-refractivity contribution in [1.82, 2.24) is 9.88 Å². The van der Waals surface area contributed by atoms with E-state index in [0.29, 0.717) is 5.56 Å². The normalized spacial score (nSPS) is 17.7. The molecule has 3 aromatic rings. The summed E-state index contributed by atoms with van der Waals surface area (Å²) >= 11 is 0. The number of ketones is 1. The van der Waals surface area contributed by atoms with Crippen LogP contribution >= 0.6 is 0 Å². The van der Waals surface area contributed by atoms with E-state index in [9.17, 15) is 14.7 Å². The van der Waals surface area contributed by atoms with Crippen LogP contribution in [0.4, 0.5) is 5.69 Å². The number of hydrogen-bond acceptors (Lipinski definition) is 5. The highest BCUT2D eigenvalue weighted by atomic mass is 16.3. The average Bonchev–Trinajstić information content (AvgIpc) is 3.05. The lowest BCUT2D eigenvalue weighted by Crippen LogP contribution is -2.29. The molecule has 1 aliphatic heterocycles. The van der Waals surface area contributed by atoms with Crippen molar-refractivity contribution < 1.29 is 14.7 Å². The Bertz CT molecular complexity index is 1120. The third-order valence-corrected chi connectivity index (χ3v) is 5.39. The SMILES string of the molecule is CN(C)c1ccc(C2C(=C(O)c3ccccc3)C(=O)C(=O)N2Cc2cccnc2)cc1. The van der Waals surface area contributed by atoms with Crippen LogP contribution in [0.15, 0.2) is 84.7 Å². The molecule has 2 aromatic carbocycles. The minimum atomic E-state index is -0.698. The van der Waals surface area contributed by atoms with Gasteiger partial charge < -0.3 is 14.9 Å². The van der Waals surface area contributed by atoms with E-state index in [2.05, 4.69) is 4.98 Å². The molecule has 1 amide bonds. The summed E-state index contributed by atoms with van der Waals surface area (Å²) < 4.78 is 0. The minimum Gasteiger partial charge on any atom is -0.507 e. The molecule has 0 bridgehead atoms. The van der Waals surface area contributed by atoms with Gasteiger partial charge >= 0.3 is 0 Å². The smallest absolute Gasteiger partial charge is 0.295 e. The second-order valence-corrected chi connectivity index (χ2v) is 7.64. The summed E-state index contributed by atoms with van der Waals surface area (Å²) in [6, 6.07) is 19.4. The molecule has 6 nitrogen and oxygen atoms in total. The fourth-order valence-corrected chi connectivity index (χ4v) is 3.78. The molecule has 0 spiro atoms. The van der Waals surface area contributed by atoms with E-state index in [4.69, 9.17) is 0 Å². The first-order valence-electron chi connectivity index (χ1n) is 9.97. The number of aliphatic hydroxyl groups excluding tert-OH is 1. The number of nitrogens with zero attached hydrogens (tertiary/aromatic N) is 3. The molecule has 6 heteroatoms. The van der Waals surface area contributed by atoms with Crippen molar-refractivity contribution in [3.05, 3.63) is 101 Å². The van der Waals surface area contributed by atoms with Gasteiger partial charge in [0.25, 0.3) is 11.7 Å². The first-order valence-corrected chi connectivity index (χ1v) is 9.97. The van der Waals surface area contributed by atoms with Crippen molar-refractivity contribution in [2.45, 2.75) is 12.6 Å². The number of anilines is 1. The summed E-state index contributed by atoms with van der Waals surface area (Å²) in [7, 11) is 3.89. The topological polar surface area (TPSA) is 73.7 Å². The zero-order chi connectivity index (χ0) is 22.0. The van der Waals surface area contributed by atoms with Crippen molar-refractivity contribution >= 4 is 23.1 Å². The molecule has 0 radical (unpaired) electrons. The molecular weight excluding hydrogens is 390 g/mol. The van der Waals surface area contributed by atoms with Gasteiger partial charge in [-0.3, -0.25) is 14.6 Å². The summed E-state index contributed by atoms with van der Waals surface area (Å²) in [6.45, 7) is 0.212. The maximum absolute atomic E-state index is 13.0. The van der Waals surface area contributed by atoms with Crippen molar-refractivity contribution in [2.75, 3.05) is 19.0 Å². The number of aromatic nitrogens is 1. The quantitative estimate of drug-likeness (QED) is 0.392. The van der Waals surface area contributed by atoms with Crippen LogP contribution in [0.3, 0.4) is 0 Å². The Morgan fingerprint density at radius 3 is 2.32 bits per heavy atom. The van der Waals surface area contributed by atoms with Crippen LogP contribution in [0.2, 0.25) is 0 Å². The molecule has 1 atom stereocenters. The Balaban J connectivity index is 1.84. The van der Waals surface area contributed by atoms with Crippen LogP contribution in [0.5, 0.6) is 0 Å². The number of hydrogen-bond donors (Lipinski definition) is 1. The van der Waals surface area contributed by atoms with E-state index in [-0.39, 0.29) is 17.9 Å². The van der Waals surface area contributed by atoms with E-state index in [1.165, 1.54) is 4.90 Å². The van der Waals surface area contributed by atoms with Gasteiger partial charge in [0.2, 0.25) is 0 Å². The van der Waals surface area contributed by atoms with Gasteiger partial charge in [0.05, 0.1) is 11.6 Å². The highest BCUT2D eigenvalue weighted by molar-refractivity contribution is 6.46. The minimum absolute atomic E-state index is 0.0951. The molecular formula is C25H23N3O3. The number of rotatable bonds is 5. The van der Waals surface area contributed by atoms with Crippen LogP contribution in [0.1, 0.15) is 22.7 Å². The van der Waals surface area contributed by atoms with Crippen molar-refractivity contribution in [1.29, 1.82) is 0 Å². The van der Waals surface area contributed by atoms with E-state index in [0.717, 1.165) is 16.8 Å².